The van der Waals surface area contributed by atoms with Crippen LogP contribution < -0.4 is 5.32 Å². The van der Waals surface area contributed by atoms with E-state index in [-0.39, 0.29) is 11.6 Å². The van der Waals surface area contributed by atoms with Gasteiger partial charge in [0.1, 0.15) is 4.75 Å². The molecular weight excluding hydrogens is 304 g/mol. The lowest BCUT2D eigenvalue weighted by molar-refractivity contribution is -0.139. The van der Waals surface area contributed by atoms with Gasteiger partial charge in [-0.2, -0.15) is 0 Å². The minimum absolute atomic E-state index is 0.00165. The zero-order chi connectivity index (χ0) is 15.6. The Kier molecular flexibility index (Phi) is 4.87. The topological polar surface area (TPSA) is 102 Å². The van der Waals surface area contributed by atoms with Crippen molar-refractivity contribution < 1.29 is 22.7 Å². The van der Waals surface area contributed by atoms with Crippen LogP contribution in [0.5, 0.6) is 0 Å². The van der Waals surface area contributed by atoms with Gasteiger partial charge < -0.3 is 10.1 Å². The van der Waals surface area contributed by atoms with E-state index in [1.165, 1.54) is 21.0 Å². The molecule has 0 saturated heterocycles. The molecule has 112 valence electrons. The molecule has 1 aromatic heterocycles. The van der Waals surface area contributed by atoms with Crippen molar-refractivity contribution in [1.82, 2.24) is 4.98 Å². The summed E-state index contributed by atoms with van der Waals surface area (Å²) in [5.41, 5.74) is 0.453. The van der Waals surface area contributed by atoms with Crippen molar-refractivity contribution in [3.8, 4) is 0 Å². The van der Waals surface area contributed by atoms with E-state index in [9.17, 15) is 18.0 Å². The average molecular weight is 320 g/mol. The minimum Gasteiger partial charge on any atom is -0.469 e. The van der Waals surface area contributed by atoms with Gasteiger partial charge in [0.05, 0.1) is 19.2 Å². The average Bonchev–Trinajstić information content (AvgIpc) is 2.74. The number of carbonyl (C=O) groups is 2. The van der Waals surface area contributed by atoms with Crippen LogP contribution in [0, 0.1) is 0 Å². The fraction of sp³-hybridized carbons (Fsp3) is 0.545. The van der Waals surface area contributed by atoms with E-state index in [0.29, 0.717) is 5.69 Å². The first-order valence-electron chi connectivity index (χ1n) is 5.60. The number of amides is 1. The third-order valence-corrected chi connectivity index (χ3v) is 5.65. The second-order valence-corrected chi connectivity index (χ2v) is 8.06. The molecule has 0 atom stereocenters. The zero-order valence-corrected chi connectivity index (χ0v) is 13.2. The third-order valence-electron chi connectivity index (χ3n) is 2.80. The summed E-state index contributed by atoms with van der Waals surface area (Å²) in [4.78, 5) is 27.1. The van der Waals surface area contributed by atoms with E-state index in [0.717, 1.165) is 17.6 Å². The lowest BCUT2D eigenvalue weighted by atomic mass is 10.2. The number of hydrogen-bond donors (Lipinski definition) is 1. The Bertz CT molecular complexity index is 619. The highest BCUT2D eigenvalue weighted by Crippen LogP contribution is 2.21. The van der Waals surface area contributed by atoms with Crippen molar-refractivity contribution >= 4 is 38.2 Å². The largest absolute Gasteiger partial charge is 0.469 e. The summed E-state index contributed by atoms with van der Waals surface area (Å²) in [6.07, 6.45) is 0.995. The van der Waals surface area contributed by atoms with E-state index >= 15 is 0 Å². The molecule has 0 aliphatic heterocycles. The molecule has 0 aliphatic rings. The van der Waals surface area contributed by atoms with E-state index in [2.05, 4.69) is 15.0 Å². The molecule has 1 heterocycles. The molecule has 1 aromatic rings. The van der Waals surface area contributed by atoms with Crippen LogP contribution in [0.15, 0.2) is 5.38 Å². The highest BCUT2D eigenvalue weighted by atomic mass is 32.2. The normalized spacial score (nSPS) is 12.0. The number of aromatic nitrogens is 1. The quantitative estimate of drug-likeness (QED) is 0.798. The summed E-state index contributed by atoms with van der Waals surface area (Å²) in [6.45, 7) is 2.64. The molecule has 0 unspecified atom stereocenters. The molecule has 20 heavy (non-hydrogen) atoms. The number of nitrogens with one attached hydrogen (secondary N) is 1. The first-order chi connectivity index (χ1) is 9.07. The summed E-state index contributed by atoms with van der Waals surface area (Å²) in [6, 6.07) is 0. The van der Waals surface area contributed by atoms with E-state index in [4.69, 9.17) is 0 Å². The standard InChI is InChI=1S/C11H16N2O5S2/c1-11(2,20(4,16)17)9(15)13-10-12-7(6-19-10)5-8(14)18-3/h6H,5H2,1-4H3,(H,12,13,15). The van der Waals surface area contributed by atoms with Gasteiger partial charge >= 0.3 is 5.97 Å². The summed E-state index contributed by atoms with van der Waals surface area (Å²) >= 11 is 1.11. The monoisotopic (exact) mass is 320 g/mol. The van der Waals surface area contributed by atoms with Crippen LogP contribution in [0.2, 0.25) is 0 Å². The number of thiazole rings is 1. The summed E-state index contributed by atoms with van der Waals surface area (Å²) in [5.74, 6) is -1.11. The van der Waals surface area contributed by atoms with Crippen molar-refractivity contribution in [3.63, 3.8) is 0 Å². The molecular formula is C11H16N2O5S2. The molecule has 1 N–H and O–H groups in total. The van der Waals surface area contributed by atoms with E-state index in [1.807, 2.05) is 0 Å². The van der Waals surface area contributed by atoms with Crippen LogP contribution in [0.1, 0.15) is 19.5 Å². The van der Waals surface area contributed by atoms with Gasteiger partial charge in [0, 0.05) is 11.6 Å². The second-order valence-electron chi connectivity index (χ2n) is 4.63. The predicted molar refractivity (Wildman–Crippen MR) is 75.4 cm³/mol. The Morgan fingerprint density at radius 3 is 2.55 bits per heavy atom. The van der Waals surface area contributed by atoms with Crippen molar-refractivity contribution in [2.75, 3.05) is 18.7 Å². The maximum Gasteiger partial charge on any atom is 0.311 e. The first-order valence-corrected chi connectivity index (χ1v) is 8.37. The Morgan fingerprint density at radius 2 is 2.05 bits per heavy atom. The molecule has 0 saturated carbocycles. The molecule has 0 aliphatic carbocycles. The third kappa shape index (κ3) is 3.76. The molecule has 0 bridgehead atoms. The maximum atomic E-state index is 12.0. The first kappa shape index (κ1) is 16.6. The van der Waals surface area contributed by atoms with Gasteiger partial charge in [-0.25, -0.2) is 13.4 Å². The minimum atomic E-state index is -3.55. The Labute approximate surface area is 121 Å². The smallest absolute Gasteiger partial charge is 0.311 e. The molecule has 0 spiro atoms. The maximum absolute atomic E-state index is 12.0. The van der Waals surface area contributed by atoms with Crippen LogP contribution in [-0.4, -0.2) is 43.4 Å². The number of methoxy groups -OCH3 is 1. The van der Waals surface area contributed by atoms with Crippen LogP contribution >= 0.6 is 11.3 Å². The van der Waals surface area contributed by atoms with Crippen molar-refractivity contribution in [2.45, 2.75) is 25.0 Å². The number of carbonyl (C=O) groups excluding carboxylic acids is 2. The SMILES string of the molecule is COC(=O)Cc1csc(NC(=O)C(C)(C)S(C)(=O)=O)n1. The molecule has 0 radical (unpaired) electrons. The summed E-state index contributed by atoms with van der Waals surface area (Å²) < 4.78 is 26.0. The van der Waals surface area contributed by atoms with Gasteiger partial charge in [0.2, 0.25) is 5.91 Å². The fourth-order valence-corrected chi connectivity index (χ4v) is 2.17. The number of rotatable bonds is 5. The summed E-state index contributed by atoms with van der Waals surface area (Å²) in [7, 11) is -2.28. The van der Waals surface area contributed by atoms with Crippen molar-refractivity contribution in [2.24, 2.45) is 0 Å². The van der Waals surface area contributed by atoms with Crippen LogP contribution in [0.4, 0.5) is 5.13 Å². The van der Waals surface area contributed by atoms with E-state index in [1.54, 1.807) is 5.38 Å². The van der Waals surface area contributed by atoms with Gasteiger partial charge in [-0.15, -0.1) is 11.3 Å². The van der Waals surface area contributed by atoms with Gasteiger partial charge in [-0.3, -0.25) is 9.59 Å². The lowest BCUT2D eigenvalue weighted by Gasteiger charge is -2.20. The lowest BCUT2D eigenvalue weighted by Crippen LogP contribution is -2.43. The van der Waals surface area contributed by atoms with Crippen molar-refractivity contribution in [1.29, 1.82) is 0 Å². The number of sulfone groups is 1. The number of nitrogens with zero attached hydrogens (tertiary/aromatic N) is 1. The predicted octanol–water partition coefficient (Wildman–Crippen LogP) is 0.620. The Balaban J connectivity index is 2.80. The van der Waals surface area contributed by atoms with Gasteiger partial charge in [-0.1, -0.05) is 0 Å². The fourth-order valence-electron chi connectivity index (χ4n) is 1.08. The van der Waals surface area contributed by atoms with Crippen LogP contribution in [0.25, 0.3) is 0 Å². The molecule has 9 heteroatoms. The second kappa shape index (κ2) is 5.88. The van der Waals surface area contributed by atoms with Gasteiger partial charge in [0.15, 0.2) is 15.0 Å². The van der Waals surface area contributed by atoms with Crippen LogP contribution in [0.3, 0.4) is 0 Å². The molecule has 1 rings (SSSR count). The van der Waals surface area contributed by atoms with Crippen LogP contribution in [-0.2, 0) is 30.6 Å². The number of esters is 1. The summed E-state index contributed by atoms with van der Waals surface area (Å²) in [5, 5.41) is 4.28. The highest BCUT2D eigenvalue weighted by Gasteiger charge is 2.38. The molecule has 1 amide bonds. The number of anilines is 1. The molecule has 7 nitrogen and oxygen atoms in total. The van der Waals surface area contributed by atoms with Gasteiger partial charge in [-0.05, 0) is 13.8 Å². The Morgan fingerprint density at radius 1 is 1.45 bits per heavy atom. The molecule has 0 fully saturated rings. The number of hydrogen-bond acceptors (Lipinski definition) is 7. The van der Waals surface area contributed by atoms with E-state index < -0.39 is 26.5 Å². The molecule has 0 aromatic carbocycles. The van der Waals surface area contributed by atoms with Gasteiger partial charge in [0.25, 0.3) is 0 Å². The zero-order valence-electron chi connectivity index (χ0n) is 11.6. The highest BCUT2D eigenvalue weighted by molar-refractivity contribution is 7.92. The van der Waals surface area contributed by atoms with Crippen molar-refractivity contribution in [3.05, 3.63) is 11.1 Å². The number of ether oxygens (including phenoxy) is 1. The Hall–Kier alpha value is -1.48.